The molecular formula is C18H27NO5. The zero-order valence-electron chi connectivity index (χ0n) is 14.6. The third kappa shape index (κ3) is 4.54. The Kier molecular flexibility index (Phi) is 6.73. The molecule has 1 aromatic carbocycles. The van der Waals surface area contributed by atoms with Gasteiger partial charge in [-0.3, -0.25) is 4.79 Å². The Morgan fingerprint density at radius 1 is 1.12 bits per heavy atom. The minimum Gasteiger partial charge on any atom is -0.493 e. The Labute approximate surface area is 143 Å². The molecule has 1 fully saturated rings. The number of methoxy groups -OCH3 is 3. The SMILES string of the molecule is COc1cc(C(O)CC(=O)NC2CCCCC2)cc(OC)c1OC. The highest BCUT2D eigenvalue weighted by molar-refractivity contribution is 5.77. The van der Waals surface area contributed by atoms with Crippen LogP contribution >= 0.6 is 0 Å². The fourth-order valence-corrected chi connectivity index (χ4v) is 3.12. The topological polar surface area (TPSA) is 77.0 Å². The van der Waals surface area contributed by atoms with E-state index in [1.807, 2.05) is 0 Å². The number of rotatable bonds is 7. The molecule has 1 aliphatic rings. The molecule has 134 valence electrons. The van der Waals surface area contributed by atoms with E-state index in [-0.39, 0.29) is 18.4 Å². The summed E-state index contributed by atoms with van der Waals surface area (Å²) in [6.07, 6.45) is 4.66. The van der Waals surface area contributed by atoms with Crippen LogP contribution in [-0.2, 0) is 4.79 Å². The largest absolute Gasteiger partial charge is 0.493 e. The molecule has 1 saturated carbocycles. The molecule has 1 unspecified atom stereocenters. The molecule has 6 heteroatoms. The Morgan fingerprint density at radius 3 is 2.21 bits per heavy atom. The van der Waals surface area contributed by atoms with Gasteiger partial charge in [0.2, 0.25) is 11.7 Å². The molecule has 6 nitrogen and oxygen atoms in total. The lowest BCUT2D eigenvalue weighted by atomic mass is 9.95. The maximum Gasteiger partial charge on any atom is 0.223 e. The number of hydrogen-bond acceptors (Lipinski definition) is 5. The maximum absolute atomic E-state index is 12.2. The van der Waals surface area contributed by atoms with E-state index in [0.29, 0.717) is 22.8 Å². The van der Waals surface area contributed by atoms with E-state index in [9.17, 15) is 9.90 Å². The van der Waals surface area contributed by atoms with Gasteiger partial charge in [-0.15, -0.1) is 0 Å². The summed E-state index contributed by atoms with van der Waals surface area (Å²) in [5.74, 6) is 1.24. The standard InChI is InChI=1S/C18H27NO5/c1-22-15-9-12(10-16(23-2)18(15)24-3)14(20)11-17(21)19-13-7-5-4-6-8-13/h9-10,13-14,20H,4-8,11H2,1-3H3,(H,19,21). The number of carbonyl (C=O) groups is 1. The van der Waals surface area contributed by atoms with E-state index in [1.165, 1.54) is 27.8 Å². The van der Waals surface area contributed by atoms with Crippen LogP contribution in [0, 0.1) is 0 Å². The zero-order chi connectivity index (χ0) is 17.5. The van der Waals surface area contributed by atoms with E-state index in [4.69, 9.17) is 14.2 Å². The molecule has 1 aromatic rings. The number of aliphatic hydroxyl groups excluding tert-OH is 1. The van der Waals surface area contributed by atoms with E-state index in [2.05, 4.69) is 5.32 Å². The third-order valence-corrected chi connectivity index (χ3v) is 4.42. The molecule has 1 amide bonds. The number of aliphatic hydroxyl groups is 1. The van der Waals surface area contributed by atoms with Crippen LogP contribution in [0.15, 0.2) is 12.1 Å². The average Bonchev–Trinajstić information content (AvgIpc) is 2.60. The van der Waals surface area contributed by atoms with Gasteiger partial charge in [0.25, 0.3) is 0 Å². The van der Waals surface area contributed by atoms with Crippen LogP contribution in [0.1, 0.15) is 50.2 Å². The van der Waals surface area contributed by atoms with Gasteiger partial charge in [0, 0.05) is 6.04 Å². The van der Waals surface area contributed by atoms with Gasteiger partial charge in [0.1, 0.15) is 0 Å². The number of ether oxygens (including phenoxy) is 3. The van der Waals surface area contributed by atoms with Crippen LogP contribution in [0.4, 0.5) is 0 Å². The molecule has 0 spiro atoms. The molecule has 0 aliphatic heterocycles. The number of nitrogens with one attached hydrogen (secondary N) is 1. The summed E-state index contributed by atoms with van der Waals surface area (Å²) in [6.45, 7) is 0. The molecule has 0 bridgehead atoms. The highest BCUT2D eigenvalue weighted by Crippen LogP contribution is 2.40. The van der Waals surface area contributed by atoms with Gasteiger partial charge in [0.15, 0.2) is 11.5 Å². The minimum absolute atomic E-state index is 0.00906. The van der Waals surface area contributed by atoms with Crippen LogP contribution in [0.3, 0.4) is 0 Å². The number of carbonyl (C=O) groups excluding carboxylic acids is 1. The third-order valence-electron chi connectivity index (χ3n) is 4.42. The fraction of sp³-hybridized carbons (Fsp3) is 0.611. The van der Waals surface area contributed by atoms with Crippen LogP contribution in [-0.4, -0.2) is 38.4 Å². The quantitative estimate of drug-likeness (QED) is 0.800. The van der Waals surface area contributed by atoms with Crippen LogP contribution in [0.5, 0.6) is 17.2 Å². The first-order valence-electron chi connectivity index (χ1n) is 8.36. The first-order chi connectivity index (χ1) is 11.6. The van der Waals surface area contributed by atoms with Crippen molar-refractivity contribution in [2.24, 2.45) is 0 Å². The molecule has 0 radical (unpaired) electrons. The van der Waals surface area contributed by atoms with E-state index < -0.39 is 6.10 Å². The summed E-state index contributed by atoms with van der Waals surface area (Å²) >= 11 is 0. The first kappa shape index (κ1) is 18.4. The van der Waals surface area contributed by atoms with Crippen LogP contribution < -0.4 is 19.5 Å². The van der Waals surface area contributed by atoms with Crippen molar-refractivity contribution in [3.63, 3.8) is 0 Å². The molecule has 1 atom stereocenters. The Hall–Kier alpha value is -1.95. The second kappa shape index (κ2) is 8.78. The van der Waals surface area contributed by atoms with E-state index >= 15 is 0 Å². The molecule has 2 N–H and O–H groups in total. The lowest BCUT2D eigenvalue weighted by Crippen LogP contribution is -2.36. The van der Waals surface area contributed by atoms with Gasteiger partial charge in [-0.2, -0.15) is 0 Å². The van der Waals surface area contributed by atoms with Gasteiger partial charge < -0.3 is 24.6 Å². The molecule has 0 saturated heterocycles. The summed E-state index contributed by atoms with van der Waals surface area (Å²) in [5.41, 5.74) is 0.559. The normalized spacial score (nSPS) is 16.3. The highest BCUT2D eigenvalue weighted by Gasteiger charge is 2.21. The molecular weight excluding hydrogens is 310 g/mol. The molecule has 2 rings (SSSR count). The highest BCUT2D eigenvalue weighted by atomic mass is 16.5. The lowest BCUT2D eigenvalue weighted by Gasteiger charge is -2.23. The van der Waals surface area contributed by atoms with Crippen molar-refractivity contribution in [1.29, 1.82) is 0 Å². The first-order valence-corrected chi connectivity index (χ1v) is 8.36. The second-order valence-electron chi connectivity index (χ2n) is 6.08. The summed E-state index contributed by atoms with van der Waals surface area (Å²) in [7, 11) is 4.56. The molecule has 0 aromatic heterocycles. The number of benzene rings is 1. The maximum atomic E-state index is 12.2. The molecule has 24 heavy (non-hydrogen) atoms. The van der Waals surface area contributed by atoms with E-state index in [1.54, 1.807) is 12.1 Å². The van der Waals surface area contributed by atoms with Crippen molar-refractivity contribution in [1.82, 2.24) is 5.32 Å². The minimum atomic E-state index is -0.928. The van der Waals surface area contributed by atoms with Crippen molar-refractivity contribution in [2.45, 2.75) is 50.7 Å². The van der Waals surface area contributed by atoms with Crippen LogP contribution in [0.2, 0.25) is 0 Å². The molecule has 1 aliphatic carbocycles. The zero-order valence-corrected chi connectivity index (χ0v) is 14.6. The Morgan fingerprint density at radius 2 is 1.71 bits per heavy atom. The van der Waals surface area contributed by atoms with Crippen molar-refractivity contribution < 1.29 is 24.1 Å². The predicted molar refractivity (Wildman–Crippen MR) is 90.7 cm³/mol. The van der Waals surface area contributed by atoms with Gasteiger partial charge in [0.05, 0.1) is 33.9 Å². The van der Waals surface area contributed by atoms with Crippen molar-refractivity contribution in [2.75, 3.05) is 21.3 Å². The predicted octanol–water partition coefficient (Wildman–Crippen LogP) is 2.58. The summed E-state index contributed by atoms with van der Waals surface area (Å²) in [5, 5.41) is 13.4. The number of amides is 1. The van der Waals surface area contributed by atoms with Gasteiger partial charge in [-0.05, 0) is 30.5 Å². The average molecular weight is 337 g/mol. The Balaban J connectivity index is 2.05. The fourth-order valence-electron chi connectivity index (χ4n) is 3.12. The van der Waals surface area contributed by atoms with Crippen molar-refractivity contribution in [3.8, 4) is 17.2 Å². The summed E-state index contributed by atoms with van der Waals surface area (Å²) in [6, 6.07) is 3.57. The van der Waals surface area contributed by atoms with E-state index in [0.717, 1.165) is 25.7 Å². The molecule has 0 heterocycles. The van der Waals surface area contributed by atoms with Gasteiger partial charge >= 0.3 is 0 Å². The van der Waals surface area contributed by atoms with Crippen molar-refractivity contribution in [3.05, 3.63) is 17.7 Å². The smallest absolute Gasteiger partial charge is 0.223 e. The summed E-state index contributed by atoms with van der Waals surface area (Å²) < 4.78 is 15.8. The lowest BCUT2D eigenvalue weighted by molar-refractivity contribution is -0.124. The Bertz CT molecular complexity index is 529. The van der Waals surface area contributed by atoms with Gasteiger partial charge in [-0.1, -0.05) is 19.3 Å². The summed E-state index contributed by atoms with van der Waals surface area (Å²) in [4.78, 5) is 12.2. The van der Waals surface area contributed by atoms with Crippen LogP contribution in [0.25, 0.3) is 0 Å². The van der Waals surface area contributed by atoms with Gasteiger partial charge in [-0.25, -0.2) is 0 Å². The number of hydrogen-bond donors (Lipinski definition) is 2. The monoisotopic (exact) mass is 337 g/mol. The van der Waals surface area contributed by atoms with Crippen molar-refractivity contribution >= 4 is 5.91 Å². The second-order valence-corrected chi connectivity index (χ2v) is 6.08.